The lowest BCUT2D eigenvalue weighted by Gasteiger charge is -2.29. The SMILES string of the molecule is CCOC(=O)CC1(c2ccccc2OC)C(=O)Nc2cc(Cl)c(Cl)cc21. The first-order chi connectivity index (χ1) is 12.4. The summed E-state index contributed by atoms with van der Waals surface area (Å²) >= 11 is 12.3. The van der Waals surface area contributed by atoms with Gasteiger partial charge in [0.05, 0.1) is 30.2 Å². The van der Waals surface area contributed by atoms with E-state index in [1.165, 1.54) is 7.11 Å². The van der Waals surface area contributed by atoms with Gasteiger partial charge in [0.25, 0.3) is 0 Å². The highest BCUT2D eigenvalue weighted by Gasteiger charge is 2.51. The highest BCUT2D eigenvalue weighted by molar-refractivity contribution is 6.42. The normalized spacial score (nSPS) is 18.2. The van der Waals surface area contributed by atoms with Crippen LogP contribution in [-0.4, -0.2) is 25.6 Å². The average Bonchev–Trinajstić information content (AvgIpc) is 2.87. The van der Waals surface area contributed by atoms with Crippen molar-refractivity contribution in [1.82, 2.24) is 0 Å². The van der Waals surface area contributed by atoms with E-state index in [2.05, 4.69) is 5.32 Å². The molecule has 0 fully saturated rings. The fourth-order valence-electron chi connectivity index (χ4n) is 3.32. The summed E-state index contributed by atoms with van der Waals surface area (Å²) in [5.41, 5.74) is 0.321. The molecular formula is C19H17Cl2NO4. The number of rotatable bonds is 5. The monoisotopic (exact) mass is 393 g/mol. The van der Waals surface area contributed by atoms with Crippen molar-refractivity contribution in [3.63, 3.8) is 0 Å². The Balaban J connectivity index is 2.28. The molecule has 1 aliphatic heterocycles. The van der Waals surface area contributed by atoms with Crippen molar-refractivity contribution in [2.75, 3.05) is 19.0 Å². The number of amides is 1. The Hall–Kier alpha value is -2.24. The molecule has 1 aliphatic rings. The molecule has 0 radical (unpaired) electrons. The Bertz CT molecular complexity index is 884. The second-order valence-corrected chi connectivity index (χ2v) is 6.67. The second kappa shape index (κ2) is 7.17. The summed E-state index contributed by atoms with van der Waals surface area (Å²) in [7, 11) is 1.51. The number of carbonyl (C=O) groups is 2. The Kier molecular flexibility index (Phi) is 5.12. The largest absolute Gasteiger partial charge is 0.496 e. The molecule has 2 aromatic carbocycles. The van der Waals surface area contributed by atoms with E-state index in [1.54, 1.807) is 43.3 Å². The van der Waals surface area contributed by atoms with Gasteiger partial charge >= 0.3 is 5.97 Å². The predicted molar refractivity (Wildman–Crippen MR) is 100 cm³/mol. The van der Waals surface area contributed by atoms with Crippen LogP contribution in [0.25, 0.3) is 0 Å². The number of para-hydroxylation sites is 1. The minimum absolute atomic E-state index is 0.183. The molecule has 0 saturated carbocycles. The Morgan fingerprint density at radius 3 is 2.54 bits per heavy atom. The predicted octanol–water partition coefficient (Wildman–Crippen LogP) is 4.19. The van der Waals surface area contributed by atoms with Crippen LogP contribution in [0.3, 0.4) is 0 Å². The van der Waals surface area contributed by atoms with Crippen molar-refractivity contribution in [3.05, 3.63) is 57.6 Å². The highest BCUT2D eigenvalue weighted by Crippen LogP contribution is 2.50. The molecule has 3 rings (SSSR count). The molecule has 0 aliphatic carbocycles. The van der Waals surface area contributed by atoms with Crippen LogP contribution in [-0.2, 0) is 19.7 Å². The summed E-state index contributed by atoms with van der Waals surface area (Å²) in [6, 6.07) is 10.3. The maximum atomic E-state index is 13.1. The van der Waals surface area contributed by atoms with Crippen molar-refractivity contribution >= 4 is 40.8 Å². The number of anilines is 1. The molecule has 0 saturated heterocycles. The van der Waals surface area contributed by atoms with Crippen LogP contribution in [0.4, 0.5) is 5.69 Å². The van der Waals surface area contributed by atoms with Gasteiger partial charge in [0.1, 0.15) is 11.2 Å². The number of methoxy groups -OCH3 is 1. The van der Waals surface area contributed by atoms with E-state index in [0.717, 1.165) is 0 Å². The van der Waals surface area contributed by atoms with Crippen molar-refractivity contribution in [1.29, 1.82) is 0 Å². The lowest BCUT2D eigenvalue weighted by molar-refractivity contribution is -0.145. The molecule has 1 heterocycles. The molecule has 0 bridgehead atoms. The van der Waals surface area contributed by atoms with Gasteiger partial charge in [0.2, 0.25) is 5.91 Å². The number of ether oxygens (including phenoxy) is 2. The summed E-state index contributed by atoms with van der Waals surface area (Å²) in [6.07, 6.45) is -0.183. The molecule has 1 N–H and O–H groups in total. The molecule has 5 nitrogen and oxygen atoms in total. The number of nitrogens with one attached hydrogen (secondary N) is 1. The van der Waals surface area contributed by atoms with Gasteiger partial charge in [-0.05, 0) is 30.7 Å². The number of hydrogen-bond donors (Lipinski definition) is 1. The molecule has 2 aromatic rings. The van der Waals surface area contributed by atoms with Gasteiger partial charge in [0, 0.05) is 11.3 Å². The maximum Gasteiger partial charge on any atom is 0.307 e. The van der Waals surface area contributed by atoms with Crippen molar-refractivity contribution in [2.24, 2.45) is 0 Å². The Morgan fingerprint density at radius 2 is 1.85 bits per heavy atom. The van der Waals surface area contributed by atoms with E-state index in [1.807, 2.05) is 0 Å². The zero-order valence-electron chi connectivity index (χ0n) is 14.3. The molecule has 26 heavy (non-hydrogen) atoms. The van der Waals surface area contributed by atoms with Gasteiger partial charge in [-0.2, -0.15) is 0 Å². The number of hydrogen-bond acceptors (Lipinski definition) is 4. The number of esters is 1. The zero-order valence-corrected chi connectivity index (χ0v) is 15.8. The molecule has 1 atom stereocenters. The zero-order chi connectivity index (χ0) is 18.9. The third kappa shape index (κ3) is 2.91. The van der Waals surface area contributed by atoms with Crippen LogP contribution < -0.4 is 10.1 Å². The molecule has 0 spiro atoms. The second-order valence-electron chi connectivity index (χ2n) is 5.85. The smallest absolute Gasteiger partial charge is 0.307 e. The lowest BCUT2D eigenvalue weighted by atomic mass is 9.72. The molecule has 136 valence electrons. The van der Waals surface area contributed by atoms with Gasteiger partial charge in [-0.1, -0.05) is 41.4 Å². The molecular weight excluding hydrogens is 377 g/mol. The van der Waals surface area contributed by atoms with Gasteiger partial charge in [-0.15, -0.1) is 0 Å². The quantitative estimate of drug-likeness (QED) is 0.773. The van der Waals surface area contributed by atoms with Crippen LogP contribution in [0.5, 0.6) is 5.75 Å². The fraction of sp³-hybridized carbons (Fsp3) is 0.263. The molecule has 7 heteroatoms. The van der Waals surface area contributed by atoms with Crippen LogP contribution >= 0.6 is 23.2 Å². The topological polar surface area (TPSA) is 64.6 Å². The van der Waals surface area contributed by atoms with Crippen LogP contribution in [0.2, 0.25) is 10.0 Å². The molecule has 1 amide bonds. The van der Waals surface area contributed by atoms with Crippen molar-refractivity contribution in [3.8, 4) is 5.75 Å². The summed E-state index contributed by atoms with van der Waals surface area (Å²) in [4.78, 5) is 25.5. The van der Waals surface area contributed by atoms with E-state index < -0.39 is 11.4 Å². The lowest BCUT2D eigenvalue weighted by Crippen LogP contribution is -2.38. The molecule has 1 unspecified atom stereocenters. The molecule has 0 aromatic heterocycles. The van der Waals surface area contributed by atoms with Crippen molar-refractivity contribution < 1.29 is 19.1 Å². The van der Waals surface area contributed by atoms with E-state index in [4.69, 9.17) is 32.7 Å². The van der Waals surface area contributed by atoms with Crippen molar-refractivity contribution in [2.45, 2.75) is 18.8 Å². The fourth-order valence-corrected chi connectivity index (χ4v) is 3.65. The van der Waals surface area contributed by atoms with Gasteiger partial charge in [-0.3, -0.25) is 9.59 Å². The first kappa shape index (κ1) is 18.5. The Labute approximate surface area is 161 Å². The van der Waals surface area contributed by atoms with Gasteiger partial charge < -0.3 is 14.8 Å². The van der Waals surface area contributed by atoms with E-state index in [-0.39, 0.29) is 18.9 Å². The van der Waals surface area contributed by atoms with E-state index in [9.17, 15) is 9.59 Å². The van der Waals surface area contributed by atoms with E-state index in [0.29, 0.717) is 32.6 Å². The average molecular weight is 394 g/mol. The van der Waals surface area contributed by atoms with Gasteiger partial charge in [-0.25, -0.2) is 0 Å². The van der Waals surface area contributed by atoms with Gasteiger partial charge in [0.15, 0.2) is 0 Å². The summed E-state index contributed by atoms with van der Waals surface area (Å²) < 4.78 is 10.6. The summed E-state index contributed by atoms with van der Waals surface area (Å²) in [6.45, 7) is 1.93. The van der Waals surface area contributed by atoms with E-state index >= 15 is 0 Å². The summed E-state index contributed by atoms with van der Waals surface area (Å²) in [5.74, 6) is -0.360. The first-order valence-electron chi connectivity index (χ1n) is 8.04. The summed E-state index contributed by atoms with van der Waals surface area (Å²) in [5, 5.41) is 3.42. The standard InChI is InChI=1S/C19H17Cl2NO4/c1-3-26-17(23)10-19(11-6-4-5-7-16(11)25-2)12-8-13(20)14(21)9-15(12)22-18(19)24/h4-9H,3,10H2,1-2H3,(H,22,24). The third-order valence-corrected chi connectivity index (χ3v) is 5.16. The number of benzene rings is 2. The first-order valence-corrected chi connectivity index (χ1v) is 8.79. The number of halogens is 2. The number of carbonyl (C=O) groups excluding carboxylic acids is 2. The number of fused-ring (bicyclic) bond motifs is 1. The van der Waals surface area contributed by atoms with Crippen LogP contribution in [0.1, 0.15) is 24.5 Å². The maximum absolute atomic E-state index is 13.1. The van der Waals surface area contributed by atoms with Crippen LogP contribution in [0.15, 0.2) is 36.4 Å². The Morgan fingerprint density at radius 1 is 1.15 bits per heavy atom. The third-order valence-electron chi connectivity index (χ3n) is 4.44. The minimum atomic E-state index is -1.32. The minimum Gasteiger partial charge on any atom is -0.496 e. The highest BCUT2D eigenvalue weighted by atomic mass is 35.5. The van der Waals surface area contributed by atoms with Crippen LogP contribution in [0, 0.1) is 0 Å².